The van der Waals surface area contributed by atoms with Gasteiger partial charge < -0.3 is 4.74 Å². The van der Waals surface area contributed by atoms with Crippen molar-refractivity contribution >= 4 is 17.4 Å². The van der Waals surface area contributed by atoms with Gasteiger partial charge in [-0.05, 0) is 86.1 Å². The van der Waals surface area contributed by atoms with Crippen LogP contribution in [0.5, 0.6) is 5.75 Å². The summed E-state index contributed by atoms with van der Waals surface area (Å²) >= 11 is 6.96. The van der Waals surface area contributed by atoms with Gasteiger partial charge in [0.05, 0.1) is 0 Å². The highest BCUT2D eigenvalue weighted by molar-refractivity contribution is 6.31. The second-order valence-electron chi connectivity index (χ2n) is 12.7. The molecule has 4 aromatic rings. The summed E-state index contributed by atoms with van der Waals surface area (Å²) < 4.78 is 7.25. The van der Waals surface area contributed by atoms with Crippen molar-refractivity contribution in [2.45, 2.75) is 63.9 Å². The molecule has 0 spiro atoms. The molecule has 2 nitrogen and oxygen atoms in total. The fourth-order valence-corrected chi connectivity index (χ4v) is 8.70. The predicted octanol–water partition coefficient (Wildman–Crippen LogP) is 9.44. The zero-order chi connectivity index (χ0) is 28.2. The molecule has 2 saturated carbocycles. The van der Waals surface area contributed by atoms with E-state index < -0.39 is 5.60 Å². The van der Waals surface area contributed by atoms with Crippen LogP contribution in [0.2, 0.25) is 5.02 Å². The maximum absolute atomic E-state index is 12.8. The molecule has 3 aliphatic carbocycles. The van der Waals surface area contributed by atoms with E-state index >= 15 is 0 Å². The lowest BCUT2D eigenvalue weighted by Crippen LogP contribution is -2.42. The van der Waals surface area contributed by atoms with E-state index in [1.165, 1.54) is 16.7 Å². The molecule has 4 unspecified atom stereocenters. The van der Waals surface area contributed by atoms with E-state index in [1.54, 1.807) is 0 Å². The summed E-state index contributed by atoms with van der Waals surface area (Å²) in [4.78, 5) is 12.8. The van der Waals surface area contributed by atoms with Gasteiger partial charge in [-0.2, -0.15) is 0 Å². The number of hydrogen-bond acceptors (Lipinski definition) is 2. The molecule has 0 radical (unpaired) electrons. The second kappa shape index (κ2) is 10.2. The van der Waals surface area contributed by atoms with Crippen molar-refractivity contribution in [3.05, 3.63) is 135 Å². The monoisotopic (exact) mass is 560 g/mol. The topological polar surface area (TPSA) is 26.3 Å². The van der Waals surface area contributed by atoms with Crippen molar-refractivity contribution in [3.63, 3.8) is 0 Å². The molecule has 2 fully saturated rings. The molecule has 0 bridgehead atoms. The summed E-state index contributed by atoms with van der Waals surface area (Å²) in [5.74, 6) is 3.03. The first kappa shape index (κ1) is 26.5. The van der Waals surface area contributed by atoms with Crippen molar-refractivity contribution in [1.82, 2.24) is 0 Å². The maximum Gasteiger partial charge on any atom is 0.186 e. The van der Waals surface area contributed by atoms with Gasteiger partial charge in [-0.1, -0.05) is 103 Å². The fraction of sp³-hybridized carbons (Fsp3) is 0.342. The van der Waals surface area contributed by atoms with Crippen LogP contribution in [0.3, 0.4) is 0 Å². The lowest BCUT2D eigenvalue weighted by Gasteiger charge is -2.48. The van der Waals surface area contributed by atoms with Gasteiger partial charge in [0.25, 0.3) is 0 Å². The van der Waals surface area contributed by atoms with Crippen LogP contribution in [0.4, 0.5) is 0 Å². The van der Waals surface area contributed by atoms with Crippen LogP contribution < -0.4 is 4.74 Å². The number of Topliss-reactive ketones (excluding diaryl/α,β-unsaturated/α-hetero) is 1. The van der Waals surface area contributed by atoms with Crippen LogP contribution >= 0.6 is 11.6 Å². The molecule has 0 aliphatic heterocycles. The lowest BCUT2D eigenvalue weighted by atomic mass is 9.55. The first-order valence-electron chi connectivity index (χ1n) is 15.1. The Hall–Kier alpha value is -3.36. The molecule has 4 aromatic carbocycles. The molecule has 0 heterocycles. The number of fused-ring (bicyclic) bond motifs is 5. The smallest absolute Gasteiger partial charge is 0.186 e. The van der Waals surface area contributed by atoms with E-state index in [-0.39, 0.29) is 5.41 Å². The minimum Gasteiger partial charge on any atom is -0.473 e. The SMILES string of the molecule is Cc1ccc(C(Oc2ccc3c(c2)CCC2C3CC[C@]3(C)C(=O)CCC23)(c2ccccc2)c2ccccc2Cl)cc1. The maximum atomic E-state index is 12.8. The number of ketones is 1. The average molecular weight is 561 g/mol. The molecule has 0 N–H and O–H groups in total. The third-order valence-electron chi connectivity index (χ3n) is 10.6. The van der Waals surface area contributed by atoms with E-state index in [1.807, 2.05) is 24.3 Å². The summed E-state index contributed by atoms with van der Waals surface area (Å²) in [6.07, 6.45) is 6.15. The van der Waals surface area contributed by atoms with Gasteiger partial charge in [-0.25, -0.2) is 0 Å². The third kappa shape index (κ3) is 4.26. The summed E-state index contributed by atoms with van der Waals surface area (Å²) in [5, 5.41) is 0.675. The number of carbonyl (C=O) groups is 1. The van der Waals surface area contributed by atoms with Crippen LogP contribution in [0, 0.1) is 24.2 Å². The van der Waals surface area contributed by atoms with Gasteiger partial charge in [-0.15, -0.1) is 0 Å². The first-order chi connectivity index (χ1) is 19.9. The molecule has 0 saturated heterocycles. The van der Waals surface area contributed by atoms with Gasteiger partial charge in [0.15, 0.2) is 5.60 Å². The van der Waals surface area contributed by atoms with E-state index in [0.29, 0.717) is 28.6 Å². The summed E-state index contributed by atoms with van der Waals surface area (Å²) in [5.41, 5.74) is 6.04. The molecule has 3 heteroatoms. The second-order valence-corrected chi connectivity index (χ2v) is 13.1. The van der Waals surface area contributed by atoms with Gasteiger partial charge in [0, 0.05) is 33.5 Å². The Morgan fingerprint density at radius 2 is 1.56 bits per heavy atom. The van der Waals surface area contributed by atoms with Crippen LogP contribution in [0.15, 0.2) is 97.1 Å². The van der Waals surface area contributed by atoms with Crippen molar-refractivity contribution < 1.29 is 9.53 Å². The Bertz CT molecular complexity index is 1590. The largest absolute Gasteiger partial charge is 0.473 e. The Balaban J connectivity index is 1.32. The van der Waals surface area contributed by atoms with Gasteiger partial charge in [0.2, 0.25) is 0 Å². The van der Waals surface area contributed by atoms with Crippen molar-refractivity contribution in [2.24, 2.45) is 17.3 Å². The fourth-order valence-electron chi connectivity index (χ4n) is 8.43. The molecule has 41 heavy (non-hydrogen) atoms. The van der Waals surface area contributed by atoms with E-state index in [0.717, 1.165) is 61.0 Å². The number of rotatable bonds is 5. The highest BCUT2D eigenvalue weighted by Gasteiger charge is 2.54. The quantitative estimate of drug-likeness (QED) is 0.227. The summed E-state index contributed by atoms with van der Waals surface area (Å²) in [6.45, 7) is 4.36. The van der Waals surface area contributed by atoms with E-state index in [4.69, 9.17) is 16.3 Å². The van der Waals surface area contributed by atoms with Crippen LogP contribution in [-0.2, 0) is 16.8 Å². The van der Waals surface area contributed by atoms with Gasteiger partial charge in [-0.3, -0.25) is 4.79 Å². The Labute approximate surface area is 248 Å². The van der Waals surface area contributed by atoms with Crippen LogP contribution in [-0.4, -0.2) is 5.78 Å². The lowest BCUT2D eigenvalue weighted by molar-refractivity contribution is -0.129. The molecule has 3 aliphatic rings. The predicted molar refractivity (Wildman–Crippen MR) is 166 cm³/mol. The molecular formula is C38H37ClO2. The molecule has 5 atom stereocenters. The number of halogens is 1. The molecule has 0 aromatic heterocycles. The summed E-state index contributed by atoms with van der Waals surface area (Å²) in [7, 11) is 0. The summed E-state index contributed by atoms with van der Waals surface area (Å²) in [6, 6.07) is 33.9. The molecule has 208 valence electrons. The standard InChI is InChI=1S/C38H37ClO2/c1-25-12-15-28(16-13-25)38(27-8-4-3-5-9-27,34-10-6-7-11-35(34)39)41-29-17-19-30-26(24-29)14-18-32-31(30)22-23-37(2)33(32)20-21-36(37)40/h3-13,15-17,19,24,31-33H,14,18,20-23H2,1-2H3/t31?,32?,33?,37-,38?/m0/s1. The minimum atomic E-state index is -0.921. The highest BCUT2D eigenvalue weighted by Crippen LogP contribution is 2.59. The third-order valence-corrected chi connectivity index (χ3v) is 10.9. The van der Waals surface area contributed by atoms with Crippen LogP contribution in [0.1, 0.15) is 78.3 Å². The van der Waals surface area contributed by atoms with E-state index in [9.17, 15) is 4.79 Å². The Morgan fingerprint density at radius 3 is 2.34 bits per heavy atom. The first-order valence-corrected chi connectivity index (χ1v) is 15.5. The van der Waals surface area contributed by atoms with Crippen molar-refractivity contribution in [3.8, 4) is 5.75 Å². The van der Waals surface area contributed by atoms with Crippen molar-refractivity contribution in [2.75, 3.05) is 0 Å². The normalized spacial score (nSPS) is 26.4. The highest BCUT2D eigenvalue weighted by atomic mass is 35.5. The van der Waals surface area contributed by atoms with Gasteiger partial charge in [0.1, 0.15) is 11.5 Å². The molecular weight excluding hydrogens is 524 g/mol. The average Bonchev–Trinajstić information content (AvgIpc) is 3.31. The number of ether oxygens (including phenoxy) is 1. The molecule has 7 rings (SSSR count). The Kier molecular flexibility index (Phi) is 6.58. The number of carbonyl (C=O) groups excluding carboxylic acids is 1. The minimum absolute atomic E-state index is 0.0972. The Morgan fingerprint density at radius 1 is 0.829 bits per heavy atom. The zero-order valence-electron chi connectivity index (χ0n) is 23.9. The number of benzene rings is 4. The van der Waals surface area contributed by atoms with Gasteiger partial charge >= 0.3 is 0 Å². The number of aryl methyl sites for hydroxylation is 2. The zero-order valence-corrected chi connectivity index (χ0v) is 24.7. The molecule has 0 amide bonds. The number of hydrogen-bond donors (Lipinski definition) is 0. The van der Waals surface area contributed by atoms with Crippen LogP contribution in [0.25, 0.3) is 0 Å². The van der Waals surface area contributed by atoms with Crippen molar-refractivity contribution in [1.29, 1.82) is 0 Å². The van der Waals surface area contributed by atoms with E-state index in [2.05, 4.69) is 86.6 Å².